The monoisotopic (exact) mass is 353 g/mol. The molecule has 3 aromatic rings. The molecule has 2 N–H and O–H groups in total. The van der Waals surface area contributed by atoms with Gasteiger partial charge in [-0.15, -0.1) is 0 Å². The van der Waals surface area contributed by atoms with Gasteiger partial charge in [0.05, 0.1) is 6.61 Å². The van der Waals surface area contributed by atoms with Crippen LogP contribution in [0.1, 0.15) is 25.0 Å². The summed E-state index contributed by atoms with van der Waals surface area (Å²) in [6.45, 7) is 4.63. The highest BCUT2D eigenvalue weighted by atomic mass is 19.1. The number of benzene rings is 3. The molecule has 0 saturated heterocycles. The molecule has 4 heteroatoms. The van der Waals surface area contributed by atoms with E-state index in [1.54, 1.807) is 18.2 Å². The number of rotatable bonds is 7. The van der Waals surface area contributed by atoms with Crippen LogP contribution in [-0.4, -0.2) is 17.3 Å². The summed E-state index contributed by atoms with van der Waals surface area (Å²) < 4.78 is 19.8. The zero-order chi connectivity index (χ0) is 18.6. The molecule has 3 nitrogen and oxygen atoms in total. The highest BCUT2D eigenvalue weighted by molar-refractivity contribution is 5.87. The molecule has 0 aliphatic rings. The van der Waals surface area contributed by atoms with Crippen LogP contribution in [0, 0.1) is 5.82 Å². The van der Waals surface area contributed by atoms with Gasteiger partial charge < -0.3 is 15.2 Å². The number of hydrogen-bond donors (Lipinski definition) is 2. The molecule has 0 radical (unpaired) electrons. The van der Waals surface area contributed by atoms with E-state index in [1.807, 2.05) is 44.2 Å². The lowest BCUT2D eigenvalue weighted by Crippen LogP contribution is -2.42. The van der Waals surface area contributed by atoms with E-state index in [1.165, 1.54) is 6.07 Å². The lowest BCUT2D eigenvalue weighted by molar-refractivity contribution is 0.187. The first-order valence-corrected chi connectivity index (χ1v) is 8.73. The Kier molecular flexibility index (Phi) is 5.55. The smallest absolute Gasteiger partial charge is 0.129 e. The molecule has 0 aliphatic heterocycles. The predicted molar refractivity (Wildman–Crippen MR) is 103 cm³/mol. The van der Waals surface area contributed by atoms with Crippen LogP contribution in [0.4, 0.5) is 4.39 Å². The maximum atomic E-state index is 13.9. The molecule has 0 atom stereocenters. The standard InChI is InChI=1S/C22H24FNO2/c1-22(2,15-25)24-13-19-18-9-5-3-7-16(18)11-12-21(19)26-14-17-8-4-6-10-20(17)23/h3-12,24-25H,13-15H2,1-2H3. The number of aliphatic hydroxyl groups is 1. The molecule has 0 heterocycles. The number of halogens is 1. The lowest BCUT2D eigenvalue weighted by Gasteiger charge is -2.25. The van der Waals surface area contributed by atoms with Gasteiger partial charge in [-0.3, -0.25) is 0 Å². The van der Waals surface area contributed by atoms with Crippen molar-refractivity contribution >= 4 is 10.8 Å². The summed E-state index contributed by atoms with van der Waals surface area (Å²) in [4.78, 5) is 0. The van der Waals surface area contributed by atoms with Crippen LogP contribution in [0.2, 0.25) is 0 Å². The molecular formula is C22H24FNO2. The number of hydrogen-bond acceptors (Lipinski definition) is 3. The average Bonchev–Trinajstić information content (AvgIpc) is 2.66. The van der Waals surface area contributed by atoms with Gasteiger partial charge in [-0.25, -0.2) is 4.39 Å². The maximum Gasteiger partial charge on any atom is 0.129 e. The summed E-state index contributed by atoms with van der Waals surface area (Å²) in [6.07, 6.45) is 0. The van der Waals surface area contributed by atoms with E-state index in [4.69, 9.17) is 4.74 Å². The van der Waals surface area contributed by atoms with E-state index in [2.05, 4.69) is 11.4 Å². The fraction of sp³-hybridized carbons (Fsp3) is 0.273. The predicted octanol–water partition coefficient (Wildman–Crippen LogP) is 4.42. The van der Waals surface area contributed by atoms with Crippen molar-refractivity contribution < 1.29 is 14.2 Å². The second kappa shape index (κ2) is 7.85. The molecule has 0 saturated carbocycles. The molecule has 3 aromatic carbocycles. The first kappa shape index (κ1) is 18.4. The molecule has 0 amide bonds. The van der Waals surface area contributed by atoms with E-state index in [9.17, 15) is 9.50 Å². The van der Waals surface area contributed by atoms with Gasteiger partial charge in [0.2, 0.25) is 0 Å². The third kappa shape index (κ3) is 4.21. The minimum atomic E-state index is -0.403. The lowest BCUT2D eigenvalue weighted by atomic mass is 10.0. The van der Waals surface area contributed by atoms with E-state index in [-0.39, 0.29) is 19.0 Å². The molecule has 0 spiro atoms. The van der Waals surface area contributed by atoms with Crippen LogP contribution in [-0.2, 0) is 13.2 Å². The Morgan fingerprint density at radius 3 is 2.50 bits per heavy atom. The Morgan fingerprint density at radius 2 is 1.73 bits per heavy atom. The van der Waals surface area contributed by atoms with E-state index >= 15 is 0 Å². The Bertz CT molecular complexity index is 892. The van der Waals surface area contributed by atoms with Crippen molar-refractivity contribution in [1.29, 1.82) is 0 Å². The van der Waals surface area contributed by atoms with Crippen LogP contribution < -0.4 is 10.1 Å². The summed E-state index contributed by atoms with van der Waals surface area (Å²) in [5, 5.41) is 15.1. The average molecular weight is 353 g/mol. The number of fused-ring (bicyclic) bond motifs is 1. The van der Waals surface area contributed by atoms with Crippen molar-refractivity contribution in [3.63, 3.8) is 0 Å². The molecule has 136 valence electrons. The van der Waals surface area contributed by atoms with Crippen LogP contribution >= 0.6 is 0 Å². The molecule has 26 heavy (non-hydrogen) atoms. The zero-order valence-electron chi connectivity index (χ0n) is 15.1. The van der Waals surface area contributed by atoms with Gasteiger partial charge in [-0.1, -0.05) is 48.5 Å². The van der Waals surface area contributed by atoms with Gasteiger partial charge in [0.1, 0.15) is 18.2 Å². The van der Waals surface area contributed by atoms with Crippen molar-refractivity contribution in [2.24, 2.45) is 0 Å². The highest BCUT2D eigenvalue weighted by Gasteiger charge is 2.17. The number of ether oxygens (including phenoxy) is 1. The second-order valence-electron chi connectivity index (χ2n) is 7.04. The Balaban J connectivity index is 1.91. The molecule has 0 aliphatic carbocycles. The van der Waals surface area contributed by atoms with E-state index in [0.717, 1.165) is 16.3 Å². The fourth-order valence-electron chi connectivity index (χ4n) is 2.79. The summed E-state index contributed by atoms with van der Waals surface area (Å²) in [5.41, 5.74) is 1.12. The van der Waals surface area contributed by atoms with Crippen LogP contribution in [0.25, 0.3) is 10.8 Å². The van der Waals surface area contributed by atoms with Crippen LogP contribution in [0.5, 0.6) is 5.75 Å². The largest absolute Gasteiger partial charge is 0.488 e. The van der Waals surface area contributed by atoms with Crippen LogP contribution in [0.15, 0.2) is 60.7 Å². The Morgan fingerprint density at radius 1 is 1.00 bits per heavy atom. The topological polar surface area (TPSA) is 41.5 Å². The van der Waals surface area contributed by atoms with Crippen molar-refractivity contribution in [2.45, 2.75) is 32.5 Å². The SMILES string of the molecule is CC(C)(CO)NCc1c(OCc2ccccc2F)ccc2ccccc12. The third-order valence-electron chi connectivity index (χ3n) is 4.48. The minimum Gasteiger partial charge on any atom is -0.488 e. The summed E-state index contributed by atoms with van der Waals surface area (Å²) in [6, 6.07) is 18.6. The number of nitrogens with one attached hydrogen (secondary N) is 1. The van der Waals surface area contributed by atoms with Gasteiger partial charge in [0, 0.05) is 23.2 Å². The second-order valence-corrected chi connectivity index (χ2v) is 7.04. The summed E-state index contributed by atoms with van der Waals surface area (Å²) in [5.74, 6) is 0.447. The van der Waals surface area contributed by atoms with E-state index < -0.39 is 5.54 Å². The highest BCUT2D eigenvalue weighted by Crippen LogP contribution is 2.29. The molecule has 0 bridgehead atoms. The van der Waals surface area contributed by atoms with Gasteiger partial charge in [0.15, 0.2) is 0 Å². The molecule has 0 fully saturated rings. The van der Waals surface area contributed by atoms with Crippen LogP contribution in [0.3, 0.4) is 0 Å². The van der Waals surface area contributed by atoms with Crippen molar-refractivity contribution in [3.05, 3.63) is 77.6 Å². The van der Waals surface area contributed by atoms with Gasteiger partial charge >= 0.3 is 0 Å². The van der Waals surface area contributed by atoms with Crippen molar-refractivity contribution in [3.8, 4) is 5.75 Å². The summed E-state index contributed by atoms with van der Waals surface area (Å²) >= 11 is 0. The molecule has 3 rings (SSSR count). The Labute approximate surface area is 153 Å². The summed E-state index contributed by atoms with van der Waals surface area (Å²) in [7, 11) is 0. The zero-order valence-corrected chi connectivity index (χ0v) is 15.1. The first-order chi connectivity index (χ1) is 12.5. The van der Waals surface area contributed by atoms with E-state index in [0.29, 0.717) is 17.9 Å². The minimum absolute atomic E-state index is 0.0309. The Hall–Kier alpha value is -2.43. The normalized spacial score (nSPS) is 11.7. The van der Waals surface area contributed by atoms with Gasteiger partial charge in [-0.2, -0.15) is 0 Å². The third-order valence-corrected chi connectivity index (χ3v) is 4.48. The quantitative estimate of drug-likeness (QED) is 0.661. The van der Waals surface area contributed by atoms with Crippen molar-refractivity contribution in [2.75, 3.05) is 6.61 Å². The van der Waals surface area contributed by atoms with Gasteiger partial charge in [-0.05, 0) is 36.8 Å². The van der Waals surface area contributed by atoms with Crippen molar-refractivity contribution in [1.82, 2.24) is 5.32 Å². The number of aliphatic hydroxyl groups excluding tert-OH is 1. The first-order valence-electron chi connectivity index (χ1n) is 8.73. The molecule has 0 aromatic heterocycles. The molecule has 0 unspecified atom stereocenters. The fourth-order valence-corrected chi connectivity index (χ4v) is 2.79. The molecular weight excluding hydrogens is 329 g/mol. The van der Waals surface area contributed by atoms with Gasteiger partial charge in [0.25, 0.3) is 0 Å². The maximum absolute atomic E-state index is 13.9.